The molecule has 94 valence electrons. The van der Waals surface area contributed by atoms with Gasteiger partial charge in [0.2, 0.25) is 0 Å². The summed E-state index contributed by atoms with van der Waals surface area (Å²) in [4.78, 5) is 0. The summed E-state index contributed by atoms with van der Waals surface area (Å²) in [7, 11) is 0. The second-order valence-corrected chi connectivity index (χ2v) is 2.35. The highest BCUT2D eigenvalue weighted by molar-refractivity contribution is 6.18. The molecule has 1 heterocycles. The molecule has 15 heavy (non-hydrogen) atoms. The zero-order chi connectivity index (χ0) is 12.1. The number of hydrogen-bond donors (Lipinski definition) is 2. The van der Waals surface area contributed by atoms with Crippen molar-refractivity contribution in [2.75, 3.05) is 25.6 Å². The van der Waals surface area contributed by atoms with Crippen LogP contribution in [0, 0.1) is 0 Å². The number of ether oxygens (including phenoxy) is 1. The molecule has 0 aromatic heterocycles. The van der Waals surface area contributed by atoms with E-state index in [0.717, 1.165) is 13.2 Å². The Morgan fingerprint density at radius 2 is 2.00 bits per heavy atom. The zero-order valence-electron chi connectivity index (χ0n) is 10.5. The topological polar surface area (TPSA) is 64.6 Å². The molecule has 1 fully saturated rings. The van der Waals surface area contributed by atoms with Gasteiger partial charge in [-0.25, -0.2) is 0 Å². The van der Waals surface area contributed by atoms with Gasteiger partial charge >= 0.3 is 0 Å². The van der Waals surface area contributed by atoms with E-state index in [1.54, 1.807) is 6.08 Å². The molecule has 0 radical (unpaired) electrons. The second-order valence-electron chi connectivity index (χ2n) is 2.04. The van der Waals surface area contributed by atoms with Crippen molar-refractivity contribution in [2.45, 2.75) is 6.10 Å². The van der Waals surface area contributed by atoms with Crippen LogP contribution in [0.4, 0.5) is 0 Å². The Morgan fingerprint density at radius 1 is 1.53 bits per heavy atom. The minimum absolute atomic E-state index is 0. The highest BCUT2D eigenvalue weighted by Crippen LogP contribution is 2.08. The maximum absolute atomic E-state index is 6.62. The Hall–Kier alpha value is 0.230. The summed E-state index contributed by atoms with van der Waals surface area (Å²) in [5.41, 5.74) is 9.82. The SMILES string of the molecule is C=CCN.Cl.Cl.ClCC1CO1.[3H]C=C([3H])CN. The van der Waals surface area contributed by atoms with Gasteiger partial charge < -0.3 is 16.2 Å². The monoisotopic (exact) mass is 282 g/mol. The minimum Gasteiger partial charge on any atom is -0.372 e. The predicted molar refractivity (Wildman–Crippen MR) is 73.5 cm³/mol. The third kappa shape index (κ3) is 40.7. The highest BCUT2D eigenvalue weighted by atomic mass is 35.5. The van der Waals surface area contributed by atoms with Gasteiger partial charge in [-0.2, -0.15) is 0 Å². The summed E-state index contributed by atoms with van der Waals surface area (Å²) < 4.78 is 17.7. The summed E-state index contributed by atoms with van der Waals surface area (Å²) in [6, 6.07) is 0.162. The summed E-state index contributed by atoms with van der Waals surface area (Å²) in [5.74, 6) is 0.667. The van der Waals surface area contributed by atoms with Crippen molar-refractivity contribution >= 4 is 36.4 Å². The van der Waals surface area contributed by atoms with Crippen molar-refractivity contribution in [1.29, 1.82) is 0 Å². The Kier molecular flexibility index (Phi) is 28.0. The van der Waals surface area contributed by atoms with E-state index in [0.29, 0.717) is 18.5 Å². The van der Waals surface area contributed by atoms with Crippen molar-refractivity contribution in [3.63, 3.8) is 0 Å². The Morgan fingerprint density at radius 3 is 2.00 bits per heavy atom. The number of epoxide rings is 1. The first-order valence-electron chi connectivity index (χ1n) is 4.96. The fraction of sp³-hybridized carbons (Fsp3) is 0.556. The average molecular weight is 284 g/mol. The summed E-state index contributed by atoms with van der Waals surface area (Å²) in [6.45, 7) is 5.92. The van der Waals surface area contributed by atoms with Crippen LogP contribution in [-0.4, -0.2) is 31.7 Å². The molecule has 0 bridgehead atoms. The summed E-state index contributed by atoms with van der Waals surface area (Å²) in [5, 5.41) is 0. The average Bonchev–Trinajstić information content (AvgIpc) is 3.12. The minimum atomic E-state index is 0. The van der Waals surface area contributed by atoms with Gasteiger partial charge in [-0.3, -0.25) is 0 Å². The molecular weight excluding hydrogens is 258 g/mol. The molecule has 1 aliphatic heterocycles. The zero-order valence-corrected chi connectivity index (χ0v) is 10.9. The van der Waals surface area contributed by atoms with Crippen molar-refractivity contribution in [3.8, 4) is 0 Å². The van der Waals surface area contributed by atoms with Crippen LogP contribution in [-0.2, 0) is 4.74 Å². The third-order valence-electron chi connectivity index (χ3n) is 0.859. The van der Waals surface area contributed by atoms with Crippen LogP contribution >= 0.6 is 36.4 Å². The van der Waals surface area contributed by atoms with Gasteiger partial charge in [0, 0.05) is 13.1 Å². The lowest BCUT2D eigenvalue weighted by atomic mass is 10.6. The standard InChI is InChI=1S/C3H5ClO.2C3H7N.2ClH/c4-1-3-2-5-3;2*1-2-3-4;;/h3H,1-2H2;2*2H,1,3-4H2;2*1H/i;1T,2T;;;. The molecule has 1 unspecified atom stereocenters. The molecule has 1 rings (SSSR count). The maximum Gasteiger partial charge on any atom is 0.0944 e. The number of halogens is 3. The van der Waals surface area contributed by atoms with E-state index < -0.39 is 0 Å². The van der Waals surface area contributed by atoms with E-state index in [-0.39, 0.29) is 37.4 Å². The largest absolute Gasteiger partial charge is 0.372 e. The highest BCUT2D eigenvalue weighted by Gasteiger charge is 2.19. The number of nitrogens with two attached hydrogens (primary N) is 2. The van der Waals surface area contributed by atoms with Gasteiger partial charge in [0.1, 0.15) is 0 Å². The third-order valence-corrected chi connectivity index (χ3v) is 1.20. The Bertz CT molecular complexity index is 182. The van der Waals surface area contributed by atoms with Crippen LogP contribution in [0.15, 0.2) is 25.3 Å². The lowest BCUT2D eigenvalue weighted by molar-refractivity contribution is 0.425. The number of rotatable bonds is 3. The Balaban J connectivity index is -0.0000000716. The van der Waals surface area contributed by atoms with Gasteiger partial charge in [0.05, 0.1) is 21.3 Å². The first-order valence-corrected chi connectivity index (χ1v) is 4.42. The summed E-state index contributed by atoms with van der Waals surface area (Å²) in [6.07, 6.45) is 2.05. The molecule has 1 saturated heterocycles. The van der Waals surface area contributed by atoms with Gasteiger partial charge in [0.15, 0.2) is 0 Å². The van der Waals surface area contributed by atoms with Crippen LogP contribution in [0.2, 0.25) is 0 Å². The van der Waals surface area contributed by atoms with Gasteiger partial charge in [0.25, 0.3) is 0 Å². The fourth-order valence-corrected chi connectivity index (χ4v) is 0.335. The van der Waals surface area contributed by atoms with Gasteiger partial charge in [-0.15, -0.1) is 49.5 Å². The van der Waals surface area contributed by atoms with E-state index >= 15 is 0 Å². The second kappa shape index (κ2) is 23.8. The molecule has 0 aliphatic carbocycles. The maximum atomic E-state index is 6.62. The van der Waals surface area contributed by atoms with Crippen LogP contribution in [0.5, 0.6) is 0 Å². The van der Waals surface area contributed by atoms with Crippen LogP contribution in [0.25, 0.3) is 0 Å². The number of hydrogen-bond acceptors (Lipinski definition) is 3. The molecule has 6 heteroatoms. The molecule has 0 spiro atoms. The first-order chi connectivity index (χ1) is 7.15. The van der Waals surface area contributed by atoms with Crippen molar-refractivity contribution < 1.29 is 7.48 Å². The molecule has 0 amide bonds. The van der Waals surface area contributed by atoms with Crippen LogP contribution in [0.3, 0.4) is 0 Å². The van der Waals surface area contributed by atoms with Crippen molar-refractivity contribution in [1.82, 2.24) is 0 Å². The molecule has 3 nitrogen and oxygen atoms in total. The quantitative estimate of drug-likeness (QED) is 0.471. The normalized spacial score (nSPS) is 18.1. The first kappa shape index (κ1) is 17.6. The fourth-order valence-electron chi connectivity index (χ4n) is 0.157. The number of alkyl halides is 1. The lowest BCUT2D eigenvalue weighted by Gasteiger charge is -1.67. The summed E-state index contributed by atoms with van der Waals surface area (Å²) >= 11 is 5.27. The molecular formula is C9H21Cl3N2O. The smallest absolute Gasteiger partial charge is 0.0944 e. The van der Waals surface area contributed by atoms with Crippen molar-refractivity contribution in [3.05, 3.63) is 25.3 Å². The molecule has 4 N–H and O–H groups in total. The molecule has 0 saturated carbocycles. The lowest BCUT2D eigenvalue weighted by Crippen LogP contribution is -1.90. The Labute approximate surface area is 112 Å². The predicted octanol–water partition coefficient (Wildman–Crippen LogP) is 1.73. The van der Waals surface area contributed by atoms with E-state index in [4.69, 9.17) is 30.5 Å². The van der Waals surface area contributed by atoms with E-state index in [2.05, 4.69) is 6.58 Å². The molecule has 1 aliphatic rings. The van der Waals surface area contributed by atoms with E-state index in [1.165, 1.54) is 0 Å². The molecule has 0 aromatic carbocycles. The van der Waals surface area contributed by atoms with Gasteiger partial charge in [-0.1, -0.05) is 12.1 Å². The molecule has 0 aromatic rings. The van der Waals surface area contributed by atoms with Gasteiger partial charge in [-0.05, 0) is 0 Å². The van der Waals surface area contributed by atoms with E-state index in [9.17, 15) is 0 Å². The van der Waals surface area contributed by atoms with Crippen LogP contribution < -0.4 is 11.5 Å². The molecule has 1 atom stereocenters. The van der Waals surface area contributed by atoms with Crippen LogP contribution in [0.1, 0.15) is 2.74 Å². The van der Waals surface area contributed by atoms with Crippen molar-refractivity contribution in [2.24, 2.45) is 11.5 Å². The van der Waals surface area contributed by atoms with E-state index in [1.807, 2.05) is 0 Å².